The smallest absolute Gasteiger partial charge is 0.271 e. The molecule has 28 heavy (non-hydrogen) atoms. The molecule has 0 aromatic heterocycles. The van der Waals surface area contributed by atoms with E-state index in [9.17, 15) is 0 Å². The van der Waals surface area contributed by atoms with Crippen molar-refractivity contribution >= 4 is 87.4 Å². The minimum Gasteiger partial charge on any atom is -0.286 e. The average Bonchev–Trinajstić information content (AvgIpc) is 2.65. The molecule has 0 aliphatic carbocycles. The van der Waals surface area contributed by atoms with Crippen molar-refractivity contribution in [2.45, 2.75) is 13.9 Å². The van der Waals surface area contributed by atoms with Crippen molar-refractivity contribution in [3.05, 3.63) is 77.9 Å². The maximum Gasteiger partial charge on any atom is 0.271 e. The lowest BCUT2D eigenvalue weighted by atomic mass is 10.1. The number of benzene rings is 2. The van der Waals surface area contributed by atoms with Crippen LogP contribution in [0, 0.1) is 0 Å². The third-order valence-electron chi connectivity index (χ3n) is 3.78. The van der Waals surface area contributed by atoms with Gasteiger partial charge in [0, 0.05) is 5.56 Å². The van der Waals surface area contributed by atoms with E-state index in [4.69, 9.17) is 69.6 Å². The summed E-state index contributed by atoms with van der Waals surface area (Å²) in [7, 11) is 0. The van der Waals surface area contributed by atoms with Gasteiger partial charge in [-0.05, 0) is 11.6 Å². The van der Waals surface area contributed by atoms with Crippen LogP contribution in [0.1, 0.15) is 11.1 Å². The number of halogens is 6. The summed E-state index contributed by atoms with van der Waals surface area (Å²) in [6, 6.07) is 18.9. The Kier molecular flexibility index (Phi) is 6.86. The topological polar surface area (TPSA) is 28.0 Å². The van der Waals surface area contributed by atoms with Gasteiger partial charge < -0.3 is 0 Å². The lowest BCUT2D eigenvalue weighted by Crippen LogP contribution is -2.53. The van der Waals surface area contributed by atoms with Crippen molar-refractivity contribution in [3.63, 3.8) is 0 Å². The molecule has 1 atom stereocenters. The highest BCUT2D eigenvalue weighted by molar-refractivity contribution is 6.77. The molecule has 3 rings (SSSR count). The van der Waals surface area contributed by atoms with E-state index in [2.05, 4.69) is 9.98 Å². The molecule has 0 radical (unpaired) electrons. The van der Waals surface area contributed by atoms with Crippen LogP contribution < -0.4 is 0 Å². The molecule has 1 aliphatic rings. The molecule has 0 N–H and O–H groups in total. The molecule has 0 amide bonds. The Bertz CT molecular complexity index is 899. The van der Waals surface area contributed by atoms with Gasteiger partial charge in [-0.1, -0.05) is 136 Å². The number of alkyl halides is 6. The number of nitrogens with zero attached hydrogens (tertiary/aromatic N) is 3. The molecule has 0 saturated heterocycles. The molecular formula is C19H13Cl6N3. The Hall–Kier alpha value is -0.940. The van der Waals surface area contributed by atoms with Crippen molar-refractivity contribution in [2.24, 2.45) is 9.98 Å². The number of amidine groups is 2. The molecule has 0 bridgehead atoms. The van der Waals surface area contributed by atoms with Crippen LogP contribution in [0.15, 0.2) is 76.7 Å². The summed E-state index contributed by atoms with van der Waals surface area (Å²) in [5.74, 6) is 0.337. The number of hydrogen-bond donors (Lipinski definition) is 0. The van der Waals surface area contributed by atoms with E-state index in [1.807, 2.05) is 66.7 Å². The third-order valence-corrected chi connectivity index (χ3v) is 4.83. The quantitative estimate of drug-likeness (QED) is 0.336. The van der Waals surface area contributed by atoms with Gasteiger partial charge in [-0.3, -0.25) is 4.90 Å². The van der Waals surface area contributed by atoms with Gasteiger partial charge in [0.25, 0.3) is 3.92 Å². The van der Waals surface area contributed by atoms with Crippen LogP contribution in [0.2, 0.25) is 0 Å². The van der Waals surface area contributed by atoms with E-state index < -0.39 is 13.9 Å². The number of hydrogen-bond acceptors (Lipinski definition) is 3. The van der Waals surface area contributed by atoms with Gasteiger partial charge in [0.05, 0.1) is 0 Å². The largest absolute Gasteiger partial charge is 0.286 e. The Morgan fingerprint density at radius 1 is 0.821 bits per heavy atom. The summed E-state index contributed by atoms with van der Waals surface area (Å²) >= 11 is 37.0. The predicted octanol–water partition coefficient (Wildman–Crippen LogP) is 6.88. The monoisotopic (exact) mass is 493 g/mol. The van der Waals surface area contributed by atoms with Gasteiger partial charge in [-0.15, -0.1) is 0 Å². The van der Waals surface area contributed by atoms with Crippen LogP contribution in [0.25, 0.3) is 6.08 Å². The highest BCUT2D eigenvalue weighted by Crippen LogP contribution is 2.42. The Morgan fingerprint density at radius 3 is 1.93 bits per heavy atom. The third kappa shape index (κ3) is 5.35. The zero-order chi connectivity index (χ0) is 20.4. The molecule has 2 aromatic carbocycles. The van der Waals surface area contributed by atoms with Gasteiger partial charge in [0.1, 0.15) is 6.17 Å². The van der Waals surface area contributed by atoms with Gasteiger partial charge in [0.2, 0.25) is 3.79 Å². The second-order valence-corrected chi connectivity index (χ2v) is 10.3. The zero-order valence-corrected chi connectivity index (χ0v) is 18.7. The van der Waals surface area contributed by atoms with E-state index >= 15 is 0 Å². The van der Waals surface area contributed by atoms with Crippen molar-refractivity contribution in [3.8, 4) is 0 Å². The van der Waals surface area contributed by atoms with Crippen molar-refractivity contribution in [2.75, 3.05) is 0 Å². The van der Waals surface area contributed by atoms with Crippen LogP contribution in [0.5, 0.6) is 0 Å². The van der Waals surface area contributed by atoms with Gasteiger partial charge in [-0.2, -0.15) is 0 Å². The summed E-state index contributed by atoms with van der Waals surface area (Å²) in [5.41, 5.74) is 1.69. The maximum absolute atomic E-state index is 6.18. The van der Waals surface area contributed by atoms with E-state index in [0.29, 0.717) is 5.84 Å². The standard InChI is InChI=1S/C19H13Cl6N3/c20-18(21,22)17-27-16(14-9-5-2-6-10-14)26-15(28(17)19(23,24)25)12-11-13-7-3-1-4-8-13/h1-12,15H. The molecular weight excluding hydrogens is 483 g/mol. The molecule has 1 heterocycles. The molecule has 9 heteroatoms. The highest BCUT2D eigenvalue weighted by Gasteiger charge is 2.46. The molecule has 2 aromatic rings. The highest BCUT2D eigenvalue weighted by atomic mass is 35.6. The van der Waals surface area contributed by atoms with Gasteiger partial charge in [-0.25, -0.2) is 9.98 Å². The van der Waals surface area contributed by atoms with E-state index in [1.165, 1.54) is 4.90 Å². The number of rotatable bonds is 3. The lowest BCUT2D eigenvalue weighted by Gasteiger charge is -2.40. The van der Waals surface area contributed by atoms with Crippen LogP contribution in [-0.4, -0.2) is 30.4 Å². The lowest BCUT2D eigenvalue weighted by molar-refractivity contribution is 0.362. The van der Waals surface area contributed by atoms with Crippen LogP contribution >= 0.6 is 69.6 Å². The first-order valence-electron chi connectivity index (χ1n) is 8.05. The summed E-state index contributed by atoms with van der Waals surface area (Å²) < 4.78 is -3.88. The number of aliphatic imine (C=N–C) groups is 2. The molecule has 3 nitrogen and oxygen atoms in total. The minimum absolute atomic E-state index is 0.0333. The SMILES string of the molecule is ClC(Cl)(Cl)C1=NC(c2ccccc2)=NC(C=Cc2ccccc2)N1C(Cl)(Cl)Cl. The Morgan fingerprint density at radius 2 is 1.39 bits per heavy atom. The predicted molar refractivity (Wildman–Crippen MR) is 122 cm³/mol. The first-order chi connectivity index (χ1) is 13.2. The fourth-order valence-electron chi connectivity index (χ4n) is 2.58. The minimum atomic E-state index is -1.94. The molecule has 0 saturated carbocycles. The Labute approximate surface area is 193 Å². The fourth-order valence-corrected chi connectivity index (χ4v) is 3.52. The molecule has 1 unspecified atom stereocenters. The summed E-state index contributed by atoms with van der Waals surface area (Å²) in [6.07, 6.45) is 2.85. The van der Waals surface area contributed by atoms with Crippen LogP contribution in [-0.2, 0) is 0 Å². The van der Waals surface area contributed by atoms with Crippen molar-refractivity contribution in [1.82, 2.24) is 4.90 Å². The van der Waals surface area contributed by atoms with Crippen molar-refractivity contribution in [1.29, 1.82) is 0 Å². The molecule has 146 valence electrons. The molecule has 1 aliphatic heterocycles. The molecule has 0 spiro atoms. The summed E-state index contributed by atoms with van der Waals surface area (Å²) in [6.45, 7) is 0. The maximum atomic E-state index is 6.18. The van der Waals surface area contributed by atoms with Gasteiger partial charge in [0.15, 0.2) is 11.7 Å². The summed E-state index contributed by atoms with van der Waals surface area (Å²) in [4.78, 5) is 10.3. The van der Waals surface area contributed by atoms with E-state index in [-0.39, 0.29) is 5.84 Å². The van der Waals surface area contributed by atoms with Gasteiger partial charge >= 0.3 is 0 Å². The molecule has 0 fully saturated rings. The first kappa shape index (κ1) is 21.8. The zero-order valence-electron chi connectivity index (χ0n) is 14.1. The first-order valence-corrected chi connectivity index (χ1v) is 10.3. The van der Waals surface area contributed by atoms with E-state index in [1.54, 1.807) is 6.08 Å². The average molecular weight is 496 g/mol. The second kappa shape index (κ2) is 8.83. The normalized spacial score (nSPS) is 18.2. The second-order valence-electron chi connectivity index (χ2n) is 5.77. The Balaban J connectivity index is 2.10. The summed E-state index contributed by atoms with van der Waals surface area (Å²) in [5, 5.41) is 0. The van der Waals surface area contributed by atoms with Crippen LogP contribution in [0.4, 0.5) is 0 Å². The van der Waals surface area contributed by atoms with E-state index in [0.717, 1.165) is 11.1 Å². The van der Waals surface area contributed by atoms with Crippen molar-refractivity contribution < 1.29 is 0 Å². The van der Waals surface area contributed by atoms with Crippen LogP contribution in [0.3, 0.4) is 0 Å². The fraction of sp³-hybridized carbons (Fsp3) is 0.158.